The number of aliphatic carboxylic acids is 1. The first kappa shape index (κ1) is 24.8. The first-order chi connectivity index (χ1) is 15.2. The van der Waals surface area contributed by atoms with Crippen LogP contribution in [0.3, 0.4) is 0 Å². The van der Waals surface area contributed by atoms with Crippen molar-refractivity contribution in [1.29, 1.82) is 0 Å². The van der Waals surface area contributed by atoms with E-state index in [1.165, 1.54) is 0 Å². The second-order valence-electron chi connectivity index (χ2n) is 9.94. The number of carboxylic acids is 1. The fourth-order valence-corrected chi connectivity index (χ4v) is 4.91. The zero-order chi connectivity index (χ0) is 23.1. The number of hydrogen-bond donors (Lipinski definition) is 2. The molecule has 9 nitrogen and oxygen atoms in total. The molecule has 182 valence electrons. The first-order valence-electron chi connectivity index (χ1n) is 11.9. The van der Waals surface area contributed by atoms with E-state index >= 15 is 0 Å². The molecule has 0 saturated carbocycles. The van der Waals surface area contributed by atoms with Gasteiger partial charge in [-0.1, -0.05) is 0 Å². The number of hydrogen-bond acceptors (Lipinski definition) is 6. The minimum atomic E-state index is -0.796. The Bertz CT molecular complexity index is 655. The van der Waals surface area contributed by atoms with Crippen LogP contribution in [0.5, 0.6) is 0 Å². The predicted octanol–water partition coefficient (Wildman–Crippen LogP) is 2.43. The van der Waals surface area contributed by atoms with Crippen LogP contribution in [0.25, 0.3) is 0 Å². The highest BCUT2D eigenvalue weighted by molar-refractivity contribution is 5.79. The number of likely N-dealkylation sites (tertiary alicyclic amines) is 1. The molecule has 2 atom stereocenters. The normalized spacial score (nSPS) is 25.9. The van der Waals surface area contributed by atoms with Crippen molar-refractivity contribution in [2.24, 2.45) is 17.8 Å². The van der Waals surface area contributed by atoms with Gasteiger partial charge < -0.3 is 29.5 Å². The van der Waals surface area contributed by atoms with E-state index in [1.54, 1.807) is 0 Å². The molecule has 3 heterocycles. The van der Waals surface area contributed by atoms with Crippen LogP contribution in [0, 0.1) is 17.8 Å². The van der Waals surface area contributed by atoms with Gasteiger partial charge in [-0.2, -0.15) is 0 Å². The molecule has 0 aromatic heterocycles. The number of amides is 2. The molecule has 2 amide bonds. The van der Waals surface area contributed by atoms with Gasteiger partial charge in [0.05, 0.1) is 12.0 Å². The molecule has 3 aliphatic heterocycles. The van der Waals surface area contributed by atoms with E-state index in [9.17, 15) is 19.5 Å². The number of nitrogens with zero attached hydrogens (tertiary/aromatic N) is 1. The summed E-state index contributed by atoms with van der Waals surface area (Å²) in [7, 11) is 0. The van der Waals surface area contributed by atoms with Crippen LogP contribution in [0.1, 0.15) is 58.8 Å². The van der Waals surface area contributed by atoms with Crippen molar-refractivity contribution in [2.75, 3.05) is 39.5 Å². The van der Waals surface area contributed by atoms with Gasteiger partial charge in [0.2, 0.25) is 5.91 Å². The van der Waals surface area contributed by atoms with E-state index in [0.717, 1.165) is 38.8 Å². The van der Waals surface area contributed by atoms with Crippen molar-refractivity contribution >= 4 is 18.0 Å². The molecule has 0 aromatic carbocycles. The summed E-state index contributed by atoms with van der Waals surface area (Å²) in [6.45, 7) is 7.38. The molecule has 3 fully saturated rings. The number of ether oxygens (including phenoxy) is 3. The number of carboxylic acid groups (broad SMARTS) is 1. The molecule has 2 N–H and O–H groups in total. The standard InChI is InChI=1S/C23H38N2O7/c1-23(2,14-19-13-18(21(27)28)7-12-31-19)32-22(29)24-15-16-3-8-25(9-4-16)20(26)17-5-10-30-11-6-17/h16-19H,3-15H2,1-2H3,(H,24,29)(H,27,28). The monoisotopic (exact) mass is 454 g/mol. The summed E-state index contributed by atoms with van der Waals surface area (Å²) in [5.74, 6) is -0.536. The minimum absolute atomic E-state index is 0.0922. The van der Waals surface area contributed by atoms with Crippen LogP contribution in [0.4, 0.5) is 4.79 Å². The molecule has 0 bridgehead atoms. The average molecular weight is 455 g/mol. The molecule has 3 aliphatic rings. The molecule has 0 aromatic rings. The Hall–Kier alpha value is -1.87. The number of nitrogens with one attached hydrogen (secondary N) is 1. The van der Waals surface area contributed by atoms with E-state index in [-0.39, 0.29) is 17.9 Å². The van der Waals surface area contributed by atoms with Crippen molar-refractivity contribution in [3.8, 4) is 0 Å². The van der Waals surface area contributed by atoms with Gasteiger partial charge in [-0.05, 0) is 58.3 Å². The highest BCUT2D eigenvalue weighted by Gasteiger charge is 2.34. The Balaban J connectivity index is 1.34. The Morgan fingerprint density at radius 1 is 1.03 bits per heavy atom. The molecule has 0 aliphatic carbocycles. The summed E-state index contributed by atoms with van der Waals surface area (Å²) in [6, 6.07) is 0. The van der Waals surface area contributed by atoms with Crippen LogP contribution in [-0.2, 0) is 23.8 Å². The Morgan fingerprint density at radius 3 is 2.34 bits per heavy atom. The third kappa shape index (κ3) is 7.33. The molecule has 0 spiro atoms. The largest absolute Gasteiger partial charge is 0.481 e. The minimum Gasteiger partial charge on any atom is -0.481 e. The molecule has 0 radical (unpaired) electrons. The molecule has 3 rings (SSSR count). The summed E-state index contributed by atoms with van der Waals surface area (Å²) < 4.78 is 16.6. The maximum atomic E-state index is 12.6. The molecular formula is C23H38N2O7. The Morgan fingerprint density at radius 2 is 1.69 bits per heavy atom. The van der Waals surface area contributed by atoms with Crippen molar-refractivity contribution < 1.29 is 33.7 Å². The summed E-state index contributed by atoms with van der Waals surface area (Å²) in [4.78, 5) is 38.2. The third-order valence-corrected chi connectivity index (χ3v) is 6.84. The van der Waals surface area contributed by atoms with Gasteiger partial charge in [-0.25, -0.2) is 4.79 Å². The predicted molar refractivity (Wildman–Crippen MR) is 116 cm³/mol. The van der Waals surface area contributed by atoms with E-state index in [1.807, 2.05) is 18.7 Å². The van der Waals surface area contributed by atoms with E-state index in [0.29, 0.717) is 51.5 Å². The van der Waals surface area contributed by atoms with E-state index < -0.39 is 23.6 Å². The van der Waals surface area contributed by atoms with Gasteiger partial charge in [-0.3, -0.25) is 9.59 Å². The maximum Gasteiger partial charge on any atom is 0.407 e. The molecular weight excluding hydrogens is 416 g/mol. The Labute approximate surface area is 190 Å². The fourth-order valence-electron chi connectivity index (χ4n) is 4.91. The number of rotatable bonds is 7. The van der Waals surface area contributed by atoms with Crippen molar-refractivity contribution in [3.63, 3.8) is 0 Å². The molecule has 32 heavy (non-hydrogen) atoms. The van der Waals surface area contributed by atoms with Gasteiger partial charge in [0.1, 0.15) is 5.60 Å². The maximum absolute atomic E-state index is 12.6. The van der Waals surface area contributed by atoms with Crippen LogP contribution in [0.2, 0.25) is 0 Å². The van der Waals surface area contributed by atoms with Gasteiger partial charge in [-0.15, -0.1) is 0 Å². The van der Waals surface area contributed by atoms with Gasteiger partial charge in [0.25, 0.3) is 0 Å². The van der Waals surface area contributed by atoms with Gasteiger partial charge in [0, 0.05) is 51.8 Å². The summed E-state index contributed by atoms with van der Waals surface area (Å²) >= 11 is 0. The number of carbonyl (C=O) groups is 3. The first-order valence-corrected chi connectivity index (χ1v) is 11.9. The fraction of sp³-hybridized carbons (Fsp3) is 0.870. The smallest absolute Gasteiger partial charge is 0.407 e. The van der Waals surface area contributed by atoms with E-state index in [4.69, 9.17) is 14.2 Å². The Kier molecular flexibility index (Phi) is 8.76. The zero-order valence-corrected chi connectivity index (χ0v) is 19.3. The van der Waals surface area contributed by atoms with Crippen LogP contribution in [-0.4, -0.2) is 79.1 Å². The van der Waals surface area contributed by atoms with Gasteiger partial charge >= 0.3 is 12.1 Å². The lowest BCUT2D eigenvalue weighted by atomic mass is 9.89. The van der Waals surface area contributed by atoms with Crippen molar-refractivity contribution in [2.45, 2.75) is 70.5 Å². The SMILES string of the molecule is CC(C)(CC1CC(C(=O)O)CCO1)OC(=O)NCC1CCN(C(=O)C2CCOCC2)CC1. The summed E-state index contributed by atoms with van der Waals surface area (Å²) in [6.07, 6.45) is 4.07. The van der Waals surface area contributed by atoms with Crippen LogP contribution < -0.4 is 5.32 Å². The number of alkyl carbamates (subject to hydrolysis) is 1. The molecule has 9 heteroatoms. The topological polar surface area (TPSA) is 114 Å². The quantitative estimate of drug-likeness (QED) is 0.607. The zero-order valence-electron chi connectivity index (χ0n) is 19.3. The third-order valence-electron chi connectivity index (χ3n) is 6.84. The van der Waals surface area contributed by atoms with Crippen molar-refractivity contribution in [1.82, 2.24) is 10.2 Å². The molecule has 2 unspecified atom stereocenters. The molecule has 3 saturated heterocycles. The highest BCUT2D eigenvalue weighted by Crippen LogP contribution is 2.28. The van der Waals surface area contributed by atoms with Gasteiger partial charge in [0.15, 0.2) is 0 Å². The summed E-state index contributed by atoms with van der Waals surface area (Å²) in [5.41, 5.74) is -0.755. The lowest BCUT2D eigenvalue weighted by Gasteiger charge is -2.35. The second-order valence-corrected chi connectivity index (χ2v) is 9.94. The van der Waals surface area contributed by atoms with Crippen molar-refractivity contribution in [3.05, 3.63) is 0 Å². The summed E-state index contributed by atoms with van der Waals surface area (Å²) in [5, 5.41) is 12.1. The van der Waals surface area contributed by atoms with E-state index in [2.05, 4.69) is 5.32 Å². The lowest BCUT2D eigenvalue weighted by molar-refractivity contribution is -0.148. The number of piperidine rings is 1. The van der Waals surface area contributed by atoms with Crippen LogP contribution in [0.15, 0.2) is 0 Å². The second kappa shape index (κ2) is 11.3. The number of carbonyl (C=O) groups excluding carboxylic acids is 2. The average Bonchev–Trinajstić information content (AvgIpc) is 2.77. The lowest BCUT2D eigenvalue weighted by Crippen LogP contribution is -2.45. The highest BCUT2D eigenvalue weighted by atomic mass is 16.6. The van der Waals surface area contributed by atoms with Crippen LogP contribution >= 0.6 is 0 Å².